The van der Waals surface area contributed by atoms with Crippen LogP contribution in [0.3, 0.4) is 0 Å². The minimum atomic E-state index is -1.41. The highest BCUT2D eigenvalue weighted by atomic mass is 35.5. The average Bonchev–Trinajstić information content (AvgIpc) is 2.78. The summed E-state index contributed by atoms with van der Waals surface area (Å²) >= 11 is 6.37. The topological polar surface area (TPSA) is 108 Å². The molecule has 0 heterocycles. The molecule has 1 amide bonds. The number of amides is 1. The number of halogens is 1. The second kappa shape index (κ2) is 13.4. The van der Waals surface area contributed by atoms with E-state index in [1.165, 1.54) is 6.92 Å². The molecule has 2 aromatic rings. The number of carbonyl (C=O) groups excluding carboxylic acids is 2. The second-order valence-electron chi connectivity index (χ2n) is 6.86. The van der Waals surface area contributed by atoms with Crippen LogP contribution in [0.4, 0.5) is 11.4 Å². The predicted octanol–water partition coefficient (Wildman–Crippen LogP) is 5.61. The highest BCUT2D eigenvalue weighted by molar-refractivity contribution is 6.34. The van der Waals surface area contributed by atoms with Crippen molar-refractivity contribution >= 4 is 34.7 Å². The van der Waals surface area contributed by atoms with Gasteiger partial charge in [-0.3, -0.25) is 9.59 Å². The van der Waals surface area contributed by atoms with Crippen molar-refractivity contribution in [2.75, 3.05) is 31.7 Å². The third-order valence-electron chi connectivity index (χ3n) is 4.34. The molecule has 10 heteroatoms. The number of carbonyl (C=O) groups is 2. The van der Waals surface area contributed by atoms with Gasteiger partial charge in [0.15, 0.2) is 5.78 Å². The maximum Gasteiger partial charge on any atom is 0.258 e. The Kier molecular flexibility index (Phi) is 10.6. The lowest BCUT2D eigenvalue weighted by Crippen LogP contribution is -2.32. The SMILES string of the molecule is CCOc1ccc(OCC)c(N=NC(C(C)=O)C(=O)Nc2c(Cl)cc(OCC)cc2OCC)c1. The summed E-state index contributed by atoms with van der Waals surface area (Å²) in [5.41, 5.74) is 0.549. The van der Waals surface area contributed by atoms with Crippen molar-refractivity contribution in [1.82, 2.24) is 0 Å². The summed E-state index contributed by atoms with van der Waals surface area (Å²) in [5, 5.41) is 11.0. The molecule has 2 aromatic carbocycles. The van der Waals surface area contributed by atoms with Gasteiger partial charge in [-0.1, -0.05) is 11.6 Å². The van der Waals surface area contributed by atoms with Gasteiger partial charge in [0.1, 0.15) is 34.4 Å². The van der Waals surface area contributed by atoms with Crippen molar-refractivity contribution in [2.24, 2.45) is 10.2 Å². The molecule has 2 rings (SSSR count). The number of ether oxygens (including phenoxy) is 4. The average molecular weight is 492 g/mol. The molecule has 0 aliphatic heterocycles. The number of hydrogen-bond donors (Lipinski definition) is 1. The van der Waals surface area contributed by atoms with Gasteiger partial charge in [0.05, 0.1) is 31.5 Å². The molecule has 0 spiro atoms. The monoisotopic (exact) mass is 491 g/mol. The zero-order valence-electron chi connectivity index (χ0n) is 20.0. The summed E-state index contributed by atoms with van der Waals surface area (Å²) in [6, 6.07) is 6.82. The Morgan fingerprint density at radius 3 is 2.12 bits per heavy atom. The van der Waals surface area contributed by atoms with E-state index in [1.54, 1.807) is 37.3 Å². The highest BCUT2D eigenvalue weighted by Crippen LogP contribution is 2.37. The maximum atomic E-state index is 13.0. The highest BCUT2D eigenvalue weighted by Gasteiger charge is 2.26. The smallest absolute Gasteiger partial charge is 0.258 e. The lowest BCUT2D eigenvalue weighted by molar-refractivity contribution is -0.126. The van der Waals surface area contributed by atoms with Crippen LogP contribution >= 0.6 is 11.6 Å². The first kappa shape index (κ1) is 26.9. The van der Waals surface area contributed by atoms with Crippen LogP contribution in [0.25, 0.3) is 0 Å². The predicted molar refractivity (Wildman–Crippen MR) is 130 cm³/mol. The molecule has 0 fully saturated rings. The lowest BCUT2D eigenvalue weighted by atomic mass is 10.2. The summed E-state index contributed by atoms with van der Waals surface area (Å²) < 4.78 is 22.1. The van der Waals surface area contributed by atoms with Gasteiger partial charge in [-0.2, -0.15) is 10.2 Å². The molecule has 0 aromatic heterocycles. The number of azo groups is 1. The molecule has 1 unspecified atom stereocenters. The molecule has 9 nitrogen and oxygen atoms in total. The fourth-order valence-corrected chi connectivity index (χ4v) is 3.19. The number of Topliss-reactive ketones (excluding diaryl/α,β-unsaturated/α-hetero) is 1. The van der Waals surface area contributed by atoms with Gasteiger partial charge in [0.2, 0.25) is 6.04 Å². The standard InChI is InChI=1S/C24H30ClN3O6/c1-6-31-16-10-11-20(33-8-3)19(13-16)27-28-22(15(5)29)24(30)26-23-18(25)12-17(32-7-2)14-21(23)34-9-4/h10-14,22H,6-9H2,1-5H3,(H,26,30). The summed E-state index contributed by atoms with van der Waals surface area (Å²) in [6.45, 7) is 10.2. The molecule has 0 bridgehead atoms. The zero-order chi connectivity index (χ0) is 25.1. The quantitative estimate of drug-likeness (QED) is 0.288. The first-order valence-electron chi connectivity index (χ1n) is 11.0. The molecular weight excluding hydrogens is 462 g/mol. The van der Waals surface area contributed by atoms with Gasteiger partial charge in [-0.15, -0.1) is 0 Å². The molecule has 0 radical (unpaired) electrons. The van der Waals surface area contributed by atoms with Crippen LogP contribution in [0, 0.1) is 0 Å². The van der Waals surface area contributed by atoms with Gasteiger partial charge in [-0.25, -0.2) is 0 Å². The minimum Gasteiger partial charge on any atom is -0.494 e. The first-order chi connectivity index (χ1) is 16.3. The Labute approximate surface area is 204 Å². The van der Waals surface area contributed by atoms with E-state index in [4.69, 9.17) is 30.5 Å². The molecule has 34 heavy (non-hydrogen) atoms. The van der Waals surface area contributed by atoms with E-state index in [9.17, 15) is 9.59 Å². The van der Waals surface area contributed by atoms with Gasteiger partial charge in [0, 0.05) is 18.2 Å². The molecule has 0 aliphatic carbocycles. The Balaban J connectivity index is 2.35. The van der Waals surface area contributed by atoms with Gasteiger partial charge >= 0.3 is 0 Å². The van der Waals surface area contributed by atoms with Crippen LogP contribution in [-0.2, 0) is 9.59 Å². The molecule has 1 atom stereocenters. The Bertz CT molecular complexity index is 1030. The number of hydrogen-bond acceptors (Lipinski definition) is 8. The molecule has 0 saturated heterocycles. The number of ketones is 1. The van der Waals surface area contributed by atoms with Crippen LogP contribution in [0.2, 0.25) is 5.02 Å². The molecule has 184 valence electrons. The summed E-state index contributed by atoms with van der Waals surface area (Å²) in [7, 11) is 0. The van der Waals surface area contributed by atoms with Crippen molar-refractivity contribution in [3.8, 4) is 23.0 Å². The first-order valence-corrected chi connectivity index (χ1v) is 11.4. The third kappa shape index (κ3) is 7.34. The van der Waals surface area contributed by atoms with E-state index in [0.717, 1.165) is 0 Å². The van der Waals surface area contributed by atoms with Crippen LogP contribution in [-0.4, -0.2) is 44.2 Å². The van der Waals surface area contributed by atoms with E-state index in [-0.39, 0.29) is 10.7 Å². The van der Waals surface area contributed by atoms with Gasteiger partial charge in [-0.05, 0) is 46.8 Å². The fraction of sp³-hybridized carbons (Fsp3) is 0.417. The fourth-order valence-electron chi connectivity index (χ4n) is 2.94. The van der Waals surface area contributed by atoms with Gasteiger partial charge in [0.25, 0.3) is 5.91 Å². The van der Waals surface area contributed by atoms with Crippen molar-refractivity contribution in [2.45, 2.75) is 40.7 Å². The molecule has 0 saturated carbocycles. The Hall–Kier alpha value is -3.33. The number of rotatable bonds is 13. The van der Waals surface area contributed by atoms with Crippen molar-refractivity contribution < 1.29 is 28.5 Å². The molecule has 0 aliphatic rings. The number of benzene rings is 2. The van der Waals surface area contributed by atoms with E-state index >= 15 is 0 Å². The second-order valence-corrected chi connectivity index (χ2v) is 7.26. The Morgan fingerprint density at radius 1 is 0.882 bits per heavy atom. The maximum absolute atomic E-state index is 13.0. The van der Waals surface area contributed by atoms with E-state index in [0.29, 0.717) is 55.1 Å². The Morgan fingerprint density at radius 2 is 1.50 bits per heavy atom. The number of nitrogens with zero attached hydrogens (tertiary/aromatic N) is 2. The summed E-state index contributed by atoms with van der Waals surface area (Å²) in [5.74, 6) is 0.614. The summed E-state index contributed by atoms with van der Waals surface area (Å²) in [4.78, 5) is 25.2. The van der Waals surface area contributed by atoms with Crippen molar-refractivity contribution in [1.29, 1.82) is 0 Å². The zero-order valence-corrected chi connectivity index (χ0v) is 20.8. The number of anilines is 1. The lowest BCUT2D eigenvalue weighted by Gasteiger charge is -2.16. The molecular formula is C24H30ClN3O6. The van der Waals surface area contributed by atoms with E-state index in [2.05, 4.69) is 15.5 Å². The third-order valence-corrected chi connectivity index (χ3v) is 4.64. The van der Waals surface area contributed by atoms with E-state index in [1.807, 2.05) is 20.8 Å². The van der Waals surface area contributed by atoms with Crippen molar-refractivity contribution in [3.63, 3.8) is 0 Å². The van der Waals surface area contributed by atoms with Gasteiger partial charge < -0.3 is 24.3 Å². The summed E-state index contributed by atoms with van der Waals surface area (Å²) in [6.07, 6.45) is 0. The van der Waals surface area contributed by atoms with Crippen LogP contribution in [0.15, 0.2) is 40.6 Å². The minimum absolute atomic E-state index is 0.199. The molecule has 1 N–H and O–H groups in total. The van der Waals surface area contributed by atoms with Crippen molar-refractivity contribution in [3.05, 3.63) is 35.4 Å². The number of nitrogens with one attached hydrogen (secondary N) is 1. The normalized spacial score (nSPS) is 11.7. The largest absolute Gasteiger partial charge is 0.494 e. The van der Waals surface area contributed by atoms with Crippen LogP contribution < -0.4 is 24.3 Å². The van der Waals surface area contributed by atoms with Crippen LogP contribution in [0.5, 0.6) is 23.0 Å². The van der Waals surface area contributed by atoms with E-state index < -0.39 is 17.7 Å². The van der Waals surface area contributed by atoms with Crippen LogP contribution in [0.1, 0.15) is 34.6 Å².